The van der Waals surface area contributed by atoms with Gasteiger partial charge in [0.1, 0.15) is 0 Å². The maximum atomic E-state index is 5.12. The molecular weight excluding hydrogens is 174 g/mol. The van der Waals surface area contributed by atoms with Crippen LogP contribution in [-0.4, -0.2) is 26.3 Å². The van der Waals surface area contributed by atoms with Crippen molar-refractivity contribution in [3.63, 3.8) is 0 Å². The van der Waals surface area contributed by atoms with Crippen LogP contribution in [0.1, 0.15) is 46.5 Å². The number of rotatable bonds is 9. The standard InChI is InChI=1S/C12H27NO/c1-5-9-13-12(8-10-14-4)7-6-11(2)3/h11-13H,5-10H2,1-4H3. The van der Waals surface area contributed by atoms with Crippen molar-refractivity contribution in [2.24, 2.45) is 5.92 Å². The Balaban J connectivity index is 3.60. The van der Waals surface area contributed by atoms with Crippen molar-refractivity contribution in [1.29, 1.82) is 0 Å². The highest BCUT2D eigenvalue weighted by molar-refractivity contribution is 4.67. The fraction of sp³-hybridized carbons (Fsp3) is 1.00. The Morgan fingerprint density at radius 1 is 1.14 bits per heavy atom. The molecule has 0 spiro atoms. The first-order valence-corrected chi connectivity index (χ1v) is 5.93. The van der Waals surface area contributed by atoms with Crippen LogP contribution in [0, 0.1) is 5.92 Å². The number of hydrogen-bond acceptors (Lipinski definition) is 2. The molecule has 0 aromatic rings. The van der Waals surface area contributed by atoms with E-state index in [1.54, 1.807) is 7.11 Å². The zero-order valence-corrected chi connectivity index (χ0v) is 10.3. The summed E-state index contributed by atoms with van der Waals surface area (Å²) in [6, 6.07) is 0.650. The number of ether oxygens (including phenoxy) is 1. The summed E-state index contributed by atoms with van der Waals surface area (Å²) < 4.78 is 5.12. The molecule has 2 heteroatoms. The molecule has 0 amide bonds. The van der Waals surface area contributed by atoms with E-state index in [1.165, 1.54) is 19.3 Å². The summed E-state index contributed by atoms with van der Waals surface area (Å²) in [4.78, 5) is 0. The second kappa shape index (κ2) is 9.47. The molecule has 0 saturated heterocycles. The zero-order valence-electron chi connectivity index (χ0n) is 10.3. The molecule has 0 rings (SSSR count). The third-order valence-electron chi connectivity index (χ3n) is 2.45. The number of methoxy groups -OCH3 is 1. The molecule has 86 valence electrons. The van der Waals surface area contributed by atoms with Gasteiger partial charge in [0, 0.05) is 19.8 Å². The summed E-state index contributed by atoms with van der Waals surface area (Å²) in [6.07, 6.45) is 4.94. The van der Waals surface area contributed by atoms with Gasteiger partial charge in [0.15, 0.2) is 0 Å². The molecule has 14 heavy (non-hydrogen) atoms. The molecule has 0 bridgehead atoms. The zero-order chi connectivity index (χ0) is 10.8. The summed E-state index contributed by atoms with van der Waals surface area (Å²) in [5.74, 6) is 0.809. The minimum atomic E-state index is 0.650. The lowest BCUT2D eigenvalue weighted by molar-refractivity contribution is 0.179. The summed E-state index contributed by atoms with van der Waals surface area (Å²) >= 11 is 0. The van der Waals surface area contributed by atoms with Crippen molar-refractivity contribution < 1.29 is 4.74 Å². The van der Waals surface area contributed by atoms with Gasteiger partial charge in [0.25, 0.3) is 0 Å². The van der Waals surface area contributed by atoms with Crippen LogP contribution in [0.2, 0.25) is 0 Å². The lowest BCUT2D eigenvalue weighted by Gasteiger charge is -2.19. The van der Waals surface area contributed by atoms with E-state index in [-0.39, 0.29) is 0 Å². The third kappa shape index (κ3) is 8.52. The number of nitrogens with one attached hydrogen (secondary N) is 1. The maximum Gasteiger partial charge on any atom is 0.0477 e. The highest BCUT2D eigenvalue weighted by atomic mass is 16.5. The lowest BCUT2D eigenvalue weighted by Crippen LogP contribution is -2.31. The van der Waals surface area contributed by atoms with E-state index in [4.69, 9.17) is 4.74 Å². The second-order valence-electron chi connectivity index (χ2n) is 4.40. The molecule has 0 fully saturated rings. The van der Waals surface area contributed by atoms with Gasteiger partial charge in [0.2, 0.25) is 0 Å². The highest BCUT2D eigenvalue weighted by Crippen LogP contribution is 2.09. The first-order chi connectivity index (χ1) is 6.70. The SMILES string of the molecule is CCCNC(CCOC)CCC(C)C. The molecular formula is C12H27NO. The molecule has 0 aliphatic rings. The van der Waals surface area contributed by atoms with Crippen LogP contribution in [0.3, 0.4) is 0 Å². The highest BCUT2D eigenvalue weighted by Gasteiger charge is 2.07. The van der Waals surface area contributed by atoms with Gasteiger partial charge in [-0.15, -0.1) is 0 Å². The topological polar surface area (TPSA) is 21.3 Å². The van der Waals surface area contributed by atoms with E-state index in [1.807, 2.05) is 0 Å². The Morgan fingerprint density at radius 2 is 1.86 bits per heavy atom. The average Bonchev–Trinajstić information content (AvgIpc) is 2.16. The van der Waals surface area contributed by atoms with Crippen LogP contribution >= 0.6 is 0 Å². The van der Waals surface area contributed by atoms with Crippen LogP contribution in [0.5, 0.6) is 0 Å². The molecule has 0 aromatic heterocycles. The average molecular weight is 201 g/mol. The normalized spacial score (nSPS) is 13.5. The van der Waals surface area contributed by atoms with Gasteiger partial charge in [-0.2, -0.15) is 0 Å². The van der Waals surface area contributed by atoms with Crippen LogP contribution < -0.4 is 5.32 Å². The van der Waals surface area contributed by atoms with E-state index in [2.05, 4.69) is 26.1 Å². The monoisotopic (exact) mass is 201 g/mol. The predicted molar refractivity (Wildman–Crippen MR) is 62.6 cm³/mol. The predicted octanol–water partition coefficient (Wildman–Crippen LogP) is 2.83. The maximum absolute atomic E-state index is 5.12. The van der Waals surface area contributed by atoms with E-state index in [9.17, 15) is 0 Å². The minimum Gasteiger partial charge on any atom is -0.385 e. The van der Waals surface area contributed by atoms with Gasteiger partial charge < -0.3 is 10.1 Å². The first-order valence-electron chi connectivity index (χ1n) is 5.93. The van der Waals surface area contributed by atoms with Crippen molar-refractivity contribution in [1.82, 2.24) is 5.32 Å². The van der Waals surface area contributed by atoms with E-state index in [0.29, 0.717) is 6.04 Å². The fourth-order valence-electron chi connectivity index (χ4n) is 1.49. The van der Waals surface area contributed by atoms with Crippen molar-refractivity contribution in [2.75, 3.05) is 20.3 Å². The van der Waals surface area contributed by atoms with Gasteiger partial charge in [-0.05, 0) is 38.1 Å². The number of hydrogen-bond donors (Lipinski definition) is 1. The molecule has 0 aromatic carbocycles. The van der Waals surface area contributed by atoms with Crippen LogP contribution in [0.4, 0.5) is 0 Å². The molecule has 0 heterocycles. The third-order valence-corrected chi connectivity index (χ3v) is 2.45. The largest absolute Gasteiger partial charge is 0.385 e. The Hall–Kier alpha value is -0.0800. The second-order valence-corrected chi connectivity index (χ2v) is 4.40. The minimum absolute atomic E-state index is 0.650. The van der Waals surface area contributed by atoms with Crippen LogP contribution in [0.15, 0.2) is 0 Å². The Morgan fingerprint density at radius 3 is 2.36 bits per heavy atom. The molecule has 0 aliphatic carbocycles. The summed E-state index contributed by atoms with van der Waals surface area (Å²) in [7, 11) is 1.78. The van der Waals surface area contributed by atoms with Crippen molar-refractivity contribution in [2.45, 2.75) is 52.5 Å². The Bertz CT molecular complexity index is 107. The van der Waals surface area contributed by atoms with Gasteiger partial charge >= 0.3 is 0 Å². The first kappa shape index (κ1) is 13.9. The van der Waals surface area contributed by atoms with Gasteiger partial charge in [-0.1, -0.05) is 20.8 Å². The molecule has 1 atom stereocenters. The molecule has 1 N–H and O–H groups in total. The Labute approximate surface area is 89.4 Å². The molecule has 0 saturated carbocycles. The van der Waals surface area contributed by atoms with Gasteiger partial charge in [-0.25, -0.2) is 0 Å². The molecule has 1 unspecified atom stereocenters. The molecule has 0 radical (unpaired) electrons. The molecule has 0 aliphatic heterocycles. The smallest absolute Gasteiger partial charge is 0.0477 e. The fourth-order valence-corrected chi connectivity index (χ4v) is 1.49. The van der Waals surface area contributed by atoms with Crippen LogP contribution in [0.25, 0.3) is 0 Å². The van der Waals surface area contributed by atoms with Crippen molar-refractivity contribution in [3.05, 3.63) is 0 Å². The quantitative estimate of drug-likeness (QED) is 0.619. The van der Waals surface area contributed by atoms with E-state index < -0.39 is 0 Å². The van der Waals surface area contributed by atoms with Gasteiger partial charge in [-0.3, -0.25) is 0 Å². The van der Waals surface area contributed by atoms with Crippen molar-refractivity contribution >= 4 is 0 Å². The van der Waals surface area contributed by atoms with E-state index in [0.717, 1.165) is 25.5 Å². The lowest BCUT2D eigenvalue weighted by atomic mass is 10.0. The van der Waals surface area contributed by atoms with Crippen molar-refractivity contribution in [3.8, 4) is 0 Å². The summed E-state index contributed by atoms with van der Waals surface area (Å²) in [5.41, 5.74) is 0. The molecule has 2 nitrogen and oxygen atoms in total. The van der Waals surface area contributed by atoms with E-state index >= 15 is 0 Å². The van der Waals surface area contributed by atoms with Crippen LogP contribution in [-0.2, 0) is 4.74 Å². The van der Waals surface area contributed by atoms with Gasteiger partial charge in [0.05, 0.1) is 0 Å². The summed E-state index contributed by atoms with van der Waals surface area (Å²) in [6.45, 7) is 8.79. The Kier molecular flexibility index (Phi) is 9.42. The summed E-state index contributed by atoms with van der Waals surface area (Å²) in [5, 5.41) is 3.58.